The minimum atomic E-state index is -4.13. The van der Waals surface area contributed by atoms with Crippen LogP contribution in [0.25, 0.3) is 11.2 Å². The van der Waals surface area contributed by atoms with Crippen molar-refractivity contribution in [3.8, 4) is 5.75 Å². The van der Waals surface area contributed by atoms with Crippen LogP contribution in [0.4, 0.5) is 5.95 Å². The zero-order valence-electron chi connectivity index (χ0n) is 20.0. The maximum absolute atomic E-state index is 13.7. The van der Waals surface area contributed by atoms with Crippen molar-refractivity contribution in [1.82, 2.24) is 24.6 Å². The molecule has 0 aliphatic heterocycles. The number of aliphatic hydroxyl groups excluding tert-OH is 1. The number of aromatic nitrogens is 4. The van der Waals surface area contributed by atoms with Crippen molar-refractivity contribution in [2.75, 3.05) is 19.5 Å². The fourth-order valence-corrected chi connectivity index (χ4v) is 5.87. The number of benzene rings is 1. The number of methoxy groups -OCH3 is 1. The zero-order chi connectivity index (χ0) is 26.9. The van der Waals surface area contributed by atoms with Crippen LogP contribution in [0, 0.1) is 5.92 Å². The Morgan fingerprint density at radius 2 is 2.14 bits per heavy atom. The van der Waals surface area contributed by atoms with Crippen molar-refractivity contribution < 1.29 is 28.3 Å². The van der Waals surface area contributed by atoms with Crippen molar-refractivity contribution in [3.05, 3.63) is 57.6 Å². The largest absolute Gasteiger partial charge is 0.468 e. The number of halogens is 1. The second kappa shape index (κ2) is 10.8. The Hall–Kier alpha value is -3.03. The predicted octanol–water partition coefficient (Wildman–Crippen LogP) is 2.30. The van der Waals surface area contributed by atoms with Crippen molar-refractivity contribution in [3.63, 3.8) is 0 Å². The first-order valence-electron chi connectivity index (χ1n) is 11.2. The van der Waals surface area contributed by atoms with Gasteiger partial charge in [-0.2, -0.15) is 10.1 Å². The molecule has 2 heterocycles. The Bertz CT molecular complexity index is 1430. The number of ether oxygens (including phenoxy) is 1. The lowest BCUT2D eigenvalue weighted by atomic mass is 10.0. The molecule has 3 aromatic rings. The number of nitrogens with one attached hydrogen (secondary N) is 2. The monoisotopic (exact) mass is 596 g/mol. The fourth-order valence-electron chi connectivity index (χ4n) is 4.09. The number of nitrogen functional groups attached to an aromatic ring is 1. The molecule has 13 nitrogen and oxygen atoms in total. The molecule has 0 spiro atoms. The standard InChI is InChI=1S/C22H26BrN6O7P/c1-11-15(17(30)8-16(11)29-10-25-18-19(29)26-22(24)27-20(18)31)9-35-37(33,28-12(2)21(32)34-3)36-14-6-4-13(23)5-7-14/h4-7,10,12,15-17,30H,1,8-9H2,2-3H3,(H,28,33)(H3,24,26,27,31)/t12-,15-,16-,17-,37-/m0/s1. The van der Waals surface area contributed by atoms with Gasteiger partial charge in [0.1, 0.15) is 11.8 Å². The number of anilines is 1. The highest BCUT2D eigenvalue weighted by Crippen LogP contribution is 2.48. The summed E-state index contributed by atoms with van der Waals surface area (Å²) in [6, 6.07) is 5.05. The fraction of sp³-hybridized carbons (Fsp3) is 0.364. The molecule has 1 saturated carbocycles. The van der Waals surface area contributed by atoms with Crippen LogP contribution in [0.2, 0.25) is 0 Å². The van der Waals surface area contributed by atoms with Crippen LogP contribution in [-0.4, -0.2) is 56.5 Å². The first kappa shape index (κ1) is 27.0. The molecule has 2 aromatic heterocycles. The summed E-state index contributed by atoms with van der Waals surface area (Å²) in [4.78, 5) is 34.8. The molecule has 1 aromatic carbocycles. The van der Waals surface area contributed by atoms with Crippen molar-refractivity contribution in [2.45, 2.75) is 31.5 Å². The van der Waals surface area contributed by atoms with Gasteiger partial charge in [0.15, 0.2) is 11.2 Å². The van der Waals surface area contributed by atoms with E-state index in [9.17, 15) is 19.3 Å². The third-order valence-corrected chi connectivity index (χ3v) is 8.16. The smallest absolute Gasteiger partial charge is 0.459 e. The lowest BCUT2D eigenvalue weighted by Gasteiger charge is -2.25. The van der Waals surface area contributed by atoms with E-state index in [0.717, 1.165) is 4.47 Å². The van der Waals surface area contributed by atoms with Gasteiger partial charge >= 0.3 is 13.7 Å². The first-order chi connectivity index (χ1) is 17.5. The number of esters is 1. The van der Waals surface area contributed by atoms with Gasteiger partial charge in [-0.1, -0.05) is 22.5 Å². The van der Waals surface area contributed by atoms with E-state index in [4.69, 9.17) is 19.5 Å². The number of hydrogen-bond acceptors (Lipinski definition) is 10. The topological polar surface area (TPSA) is 184 Å². The van der Waals surface area contributed by atoms with E-state index in [1.807, 2.05) is 0 Å². The quantitative estimate of drug-likeness (QED) is 0.161. The molecule has 0 radical (unpaired) electrons. The van der Waals surface area contributed by atoms with E-state index in [0.29, 0.717) is 5.57 Å². The maximum atomic E-state index is 13.7. The first-order valence-corrected chi connectivity index (χ1v) is 13.5. The average molecular weight is 597 g/mol. The van der Waals surface area contributed by atoms with Crippen molar-refractivity contribution in [1.29, 1.82) is 0 Å². The third kappa shape index (κ3) is 5.78. The number of nitrogens with two attached hydrogens (primary N) is 1. The van der Waals surface area contributed by atoms with E-state index < -0.39 is 43.4 Å². The van der Waals surface area contributed by atoms with Gasteiger partial charge in [0.25, 0.3) is 5.56 Å². The summed E-state index contributed by atoms with van der Waals surface area (Å²) in [5.74, 6) is -1.15. The summed E-state index contributed by atoms with van der Waals surface area (Å²) in [5.41, 5.74) is 6.10. The summed E-state index contributed by atoms with van der Waals surface area (Å²) in [5, 5.41) is 13.4. The molecule has 198 valence electrons. The minimum Gasteiger partial charge on any atom is -0.468 e. The summed E-state index contributed by atoms with van der Waals surface area (Å²) >= 11 is 3.32. The molecule has 1 fully saturated rings. The Morgan fingerprint density at radius 1 is 1.43 bits per heavy atom. The highest BCUT2D eigenvalue weighted by atomic mass is 79.9. The molecule has 1 aliphatic carbocycles. The van der Waals surface area contributed by atoms with E-state index in [-0.39, 0.29) is 35.9 Å². The lowest BCUT2D eigenvalue weighted by molar-refractivity contribution is -0.142. The summed E-state index contributed by atoms with van der Waals surface area (Å²) in [6.45, 7) is 5.32. The molecule has 5 N–H and O–H groups in total. The Kier molecular flexibility index (Phi) is 7.85. The molecule has 4 rings (SSSR count). The van der Waals surface area contributed by atoms with Gasteiger partial charge in [-0.25, -0.2) is 9.55 Å². The van der Waals surface area contributed by atoms with Crippen LogP contribution in [-0.2, 0) is 18.6 Å². The van der Waals surface area contributed by atoms with E-state index in [1.54, 1.807) is 28.8 Å². The second-order valence-corrected chi connectivity index (χ2v) is 11.1. The number of nitrogens with zero attached hydrogens (tertiary/aromatic N) is 3. The zero-order valence-corrected chi connectivity index (χ0v) is 22.4. The Balaban J connectivity index is 1.55. The number of hydrogen-bond donors (Lipinski definition) is 4. The van der Waals surface area contributed by atoms with Gasteiger partial charge in [-0.15, -0.1) is 0 Å². The van der Waals surface area contributed by atoms with Gasteiger partial charge in [-0.3, -0.25) is 19.1 Å². The number of carbonyl (C=O) groups excluding carboxylic acids is 1. The molecular formula is C22H26BrN6O7P. The molecular weight excluding hydrogens is 571 g/mol. The molecule has 15 heteroatoms. The third-order valence-electron chi connectivity index (χ3n) is 5.99. The molecule has 0 amide bonds. The predicted molar refractivity (Wildman–Crippen MR) is 138 cm³/mol. The molecule has 37 heavy (non-hydrogen) atoms. The van der Waals surface area contributed by atoms with Gasteiger partial charge in [-0.05, 0) is 43.2 Å². The number of aliphatic hydroxyl groups is 1. The van der Waals surface area contributed by atoms with E-state index >= 15 is 0 Å². The molecule has 0 unspecified atom stereocenters. The lowest BCUT2D eigenvalue weighted by Crippen LogP contribution is -2.35. The number of carbonyl (C=O) groups is 1. The highest BCUT2D eigenvalue weighted by molar-refractivity contribution is 9.10. The normalized spacial score (nSPS) is 22.1. The number of aromatic amines is 1. The van der Waals surface area contributed by atoms with Gasteiger partial charge < -0.3 is 24.7 Å². The van der Waals surface area contributed by atoms with Crippen LogP contribution in [0.3, 0.4) is 0 Å². The van der Waals surface area contributed by atoms with Crippen molar-refractivity contribution in [2.24, 2.45) is 5.92 Å². The minimum absolute atomic E-state index is 0.0693. The maximum Gasteiger partial charge on any atom is 0.459 e. The Labute approximate surface area is 219 Å². The summed E-state index contributed by atoms with van der Waals surface area (Å²) < 4.78 is 32.1. The van der Waals surface area contributed by atoms with E-state index in [2.05, 4.69) is 42.5 Å². The van der Waals surface area contributed by atoms with Crippen LogP contribution in [0.5, 0.6) is 5.75 Å². The summed E-state index contributed by atoms with van der Waals surface area (Å²) in [7, 11) is -2.92. The summed E-state index contributed by atoms with van der Waals surface area (Å²) in [6.07, 6.45) is 0.726. The average Bonchev–Trinajstić information content (AvgIpc) is 3.38. The molecule has 0 bridgehead atoms. The van der Waals surface area contributed by atoms with Crippen LogP contribution in [0.1, 0.15) is 19.4 Å². The van der Waals surface area contributed by atoms with Crippen LogP contribution < -0.4 is 20.9 Å². The highest BCUT2D eigenvalue weighted by Gasteiger charge is 2.41. The number of rotatable bonds is 9. The number of imidazole rings is 1. The van der Waals surface area contributed by atoms with E-state index in [1.165, 1.54) is 20.4 Å². The van der Waals surface area contributed by atoms with Gasteiger partial charge in [0.05, 0.1) is 32.2 Å². The van der Waals surface area contributed by atoms with Gasteiger partial charge in [0, 0.05) is 10.4 Å². The van der Waals surface area contributed by atoms with Crippen LogP contribution >= 0.6 is 23.7 Å². The Morgan fingerprint density at radius 3 is 2.81 bits per heavy atom. The number of H-pyrrole nitrogens is 1. The SMILES string of the molecule is C=C1[C@H](CO[P@@](=O)(N[C@@H](C)C(=O)OC)Oc2ccc(Br)cc2)[C@@H](O)C[C@@H]1n1cnc2c(=O)[nH]c(N)nc21. The molecule has 0 saturated heterocycles. The van der Waals surface area contributed by atoms with Crippen LogP contribution in [0.15, 0.2) is 52.0 Å². The number of fused-ring (bicyclic) bond motifs is 1. The van der Waals surface area contributed by atoms with Crippen molar-refractivity contribution >= 4 is 46.8 Å². The molecule has 5 atom stereocenters. The second-order valence-electron chi connectivity index (χ2n) is 8.49. The molecule has 1 aliphatic rings. The van der Waals surface area contributed by atoms with Gasteiger partial charge in [0.2, 0.25) is 5.95 Å².